The standard InChI is InChI=1S/C11H24N2O4S/c1-5-13(10(2)9-12(3)4)18(16,17)8-6-7-11(14)15/h10H,5-9H2,1-4H3,(H,14,15). The number of hydrogen-bond donors (Lipinski definition) is 1. The second-order valence-electron chi connectivity index (χ2n) is 4.63. The predicted molar refractivity (Wildman–Crippen MR) is 71.1 cm³/mol. The highest BCUT2D eigenvalue weighted by Gasteiger charge is 2.25. The van der Waals surface area contributed by atoms with Crippen LogP contribution in [-0.4, -0.2) is 67.7 Å². The number of nitrogens with zero attached hydrogens (tertiary/aromatic N) is 2. The van der Waals surface area contributed by atoms with Crippen LogP contribution in [0.3, 0.4) is 0 Å². The van der Waals surface area contributed by atoms with Gasteiger partial charge in [0.2, 0.25) is 10.0 Å². The first kappa shape index (κ1) is 17.3. The number of aliphatic carboxylic acids is 1. The van der Waals surface area contributed by atoms with E-state index < -0.39 is 16.0 Å². The van der Waals surface area contributed by atoms with Crippen molar-refractivity contribution >= 4 is 16.0 Å². The molecule has 1 atom stereocenters. The van der Waals surface area contributed by atoms with Gasteiger partial charge in [0.15, 0.2) is 0 Å². The molecule has 0 heterocycles. The van der Waals surface area contributed by atoms with Gasteiger partial charge < -0.3 is 10.0 Å². The minimum Gasteiger partial charge on any atom is -0.481 e. The molecular formula is C11H24N2O4S. The second kappa shape index (κ2) is 7.70. The highest BCUT2D eigenvalue weighted by Crippen LogP contribution is 2.10. The van der Waals surface area contributed by atoms with E-state index in [9.17, 15) is 13.2 Å². The Bertz CT molecular complexity index is 354. The third-order valence-corrected chi connectivity index (χ3v) is 4.72. The zero-order valence-electron chi connectivity index (χ0n) is 11.6. The lowest BCUT2D eigenvalue weighted by Crippen LogP contribution is -2.44. The smallest absolute Gasteiger partial charge is 0.303 e. The van der Waals surface area contributed by atoms with Gasteiger partial charge >= 0.3 is 5.97 Å². The van der Waals surface area contributed by atoms with Crippen molar-refractivity contribution in [3.63, 3.8) is 0 Å². The van der Waals surface area contributed by atoms with E-state index in [0.29, 0.717) is 13.1 Å². The minimum atomic E-state index is -3.37. The Balaban J connectivity index is 4.56. The van der Waals surface area contributed by atoms with Gasteiger partial charge in [-0.05, 0) is 27.4 Å². The molecule has 0 aliphatic rings. The number of carboxylic acid groups (broad SMARTS) is 1. The van der Waals surface area contributed by atoms with Crippen molar-refractivity contribution in [3.05, 3.63) is 0 Å². The molecule has 0 amide bonds. The molecule has 18 heavy (non-hydrogen) atoms. The Morgan fingerprint density at radius 1 is 1.33 bits per heavy atom. The van der Waals surface area contributed by atoms with E-state index in [0.717, 1.165) is 0 Å². The van der Waals surface area contributed by atoms with Crippen LogP contribution in [-0.2, 0) is 14.8 Å². The van der Waals surface area contributed by atoms with Crippen LogP contribution in [0.4, 0.5) is 0 Å². The molecule has 0 saturated heterocycles. The van der Waals surface area contributed by atoms with Crippen LogP contribution >= 0.6 is 0 Å². The topological polar surface area (TPSA) is 77.9 Å². The molecule has 7 heteroatoms. The van der Waals surface area contributed by atoms with Gasteiger partial charge in [0.25, 0.3) is 0 Å². The van der Waals surface area contributed by atoms with Crippen LogP contribution in [0.2, 0.25) is 0 Å². The number of carbonyl (C=O) groups is 1. The van der Waals surface area contributed by atoms with Crippen LogP contribution < -0.4 is 0 Å². The summed E-state index contributed by atoms with van der Waals surface area (Å²) in [6, 6.07) is -0.111. The van der Waals surface area contributed by atoms with Gasteiger partial charge in [-0.25, -0.2) is 8.42 Å². The summed E-state index contributed by atoms with van der Waals surface area (Å²) in [7, 11) is 0.411. The normalized spacial score (nSPS) is 14.1. The number of rotatable bonds is 9. The zero-order chi connectivity index (χ0) is 14.3. The first-order valence-electron chi connectivity index (χ1n) is 6.06. The molecule has 0 rings (SSSR count). The van der Waals surface area contributed by atoms with Crippen molar-refractivity contribution < 1.29 is 18.3 Å². The SMILES string of the molecule is CCN(C(C)CN(C)C)S(=O)(=O)CCCC(=O)O. The molecule has 0 aromatic rings. The lowest BCUT2D eigenvalue weighted by atomic mass is 10.3. The Kier molecular flexibility index (Phi) is 7.42. The maximum absolute atomic E-state index is 12.1. The van der Waals surface area contributed by atoms with Crippen LogP contribution in [0.1, 0.15) is 26.7 Å². The monoisotopic (exact) mass is 280 g/mol. The first-order valence-corrected chi connectivity index (χ1v) is 7.67. The van der Waals surface area contributed by atoms with Crippen LogP contribution in [0.25, 0.3) is 0 Å². The third kappa shape index (κ3) is 6.32. The summed E-state index contributed by atoms with van der Waals surface area (Å²) >= 11 is 0. The highest BCUT2D eigenvalue weighted by molar-refractivity contribution is 7.89. The number of carboxylic acids is 1. The van der Waals surface area contributed by atoms with Crippen LogP contribution in [0.5, 0.6) is 0 Å². The fourth-order valence-corrected chi connectivity index (χ4v) is 3.68. The van der Waals surface area contributed by atoms with Crippen LogP contribution in [0.15, 0.2) is 0 Å². The predicted octanol–water partition coefficient (Wildman–Crippen LogP) is 0.453. The maximum atomic E-state index is 12.1. The van der Waals surface area contributed by atoms with E-state index in [1.54, 1.807) is 6.92 Å². The summed E-state index contributed by atoms with van der Waals surface area (Å²) in [5.41, 5.74) is 0. The molecule has 0 aromatic carbocycles. The van der Waals surface area contributed by atoms with Crippen molar-refractivity contribution in [3.8, 4) is 0 Å². The third-order valence-electron chi connectivity index (χ3n) is 2.58. The van der Waals surface area contributed by atoms with E-state index in [1.807, 2.05) is 25.9 Å². The van der Waals surface area contributed by atoms with Gasteiger partial charge in [-0.15, -0.1) is 0 Å². The summed E-state index contributed by atoms with van der Waals surface area (Å²) in [6.45, 7) is 4.70. The fourth-order valence-electron chi connectivity index (χ4n) is 1.93. The second-order valence-corrected chi connectivity index (χ2v) is 6.67. The minimum absolute atomic E-state index is 0.106. The van der Waals surface area contributed by atoms with Gasteiger partial charge in [-0.3, -0.25) is 4.79 Å². The molecule has 0 fully saturated rings. The van der Waals surface area contributed by atoms with E-state index in [2.05, 4.69) is 0 Å². The molecule has 108 valence electrons. The van der Waals surface area contributed by atoms with E-state index in [-0.39, 0.29) is 24.6 Å². The zero-order valence-corrected chi connectivity index (χ0v) is 12.4. The summed E-state index contributed by atoms with van der Waals surface area (Å²) in [5, 5.41) is 8.52. The molecule has 0 bridgehead atoms. The summed E-state index contributed by atoms with van der Waals surface area (Å²) in [5.74, 6) is -1.07. The molecule has 1 unspecified atom stereocenters. The molecule has 0 saturated carbocycles. The van der Waals surface area contributed by atoms with E-state index in [4.69, 9.17) is 5.11 Å². The Labute approximate surface area is 110 Å². The van der Waals surface area contributed by atoms with Gasteiger partial charge in [0, 0.05) is 25.6 Å². The Morgan fingerprint density at radius 3 is 2.28 bits per heavy atom. The number of sulfonamides is 1. The van der Waals surface area contributed by atoms with Crippen molar-refractivity contribution in [2.75, 3.05) is 32.9 Å². The van der Waals surface area contributed by atoms with Crippen molar-refractivity contribution in [1.29, 1.82) is 0 Å². The van der Waals surface area contributed by atoms with Crippen molar-refractivity contribution in [2.24, 2.45) is 0 Å². The molecule has 0 aliphatic carbocycles. The van der Waals surface area contributed by atoms with Gasteiger partial charge in [0.05, 0.1) is 5.75 Å². The van der Waals surface area contributed by atoms with Gasteiger partial charge in [0.1, 0.15) is 0 Å². The molecule has 0 spiro atoms. The van der Waals surface area contributed by atoms with Gasteiger partial charge in [-0.2, -0.15) is 4.31 Å². The lowest BCUT2D eigenvalue weighted by molar-refractivity contribution is -0.137. The lowest BCUT2D eigenvalue weighted by Gasteiger charge is -2.29. The Hall–Kier alpha value is -0.660. The van der Waals surface area contributed by atoms with Crippen molar-refractivity contribution in [2.45, 2.75) is 32.7 Å². The van der Waals surface area contributed by atoms with Crippen LogP contribution in [0, 0.1) is 0 Å². The average Bonchev–Trinajstić information content (AvgIpc) is 2.15. The van der Waals surface area contributed by atoms with Crippen molar-refractivity contribution in [1.82, 2.24) is 9.21 Å². The molecule has 6 nitrogen and oxygen atoms in total. The van der Waals surface area contributed by atoms with E-state index >= 15 is 0 Å². The van der Waals surface area contributed by atoms with E-state index in [1.165, 1.54) is 4.31 Å². The largest absolute Gasteiger partial charge is 0.481 e. The maximum Gasteiger partial charge on any atom is 0.303 e. The fraction of sp³-hybridized carbons (Fsp3) is 0.909. The summed E-state index contributed by atoms with van der Waals surface area (Å²) < 4.78 is 25.6. The highest BCUT2D eigenvalue weighted by atomic mass is 32.2. The molecular weight excluding hydrogens is 256 g/mol. The first-order chi connectivity index (χ1) is 8.20. The molecule has 0 aliphatic heterocycles. The molecule has 0 radical (unpaired) electrons. The number of hydrogen-bond acceptors (Lipinski definition) is 4. The average molecular weight is 280 g/mol. The van der Waals surface area contributed by atoms with Gasteiger partial charge in [-0.1, -0.05) is 6.92 Å². The Morgan fingerprint density at radius 2 is 1.89 bits per heavy atom. The molecule has 1 N–H and O–H groups in total. The molecule has 0 aromatic heterocycles. The number of likely N-dealkylation sites (N-methyl/N-ethyl adjacent to an activating group) is 2. The summed E-state index contributed by atoms with van der Waals surface area (Å²) in [6.07, 6.45) is 0.0433. The summed E-state index contributed by atoms with van der Waals surface area (Å²) in [4.78, 5) is 12.3. The quantitative estimate of drug-likeness (QED) is 0.663.